The second kappa shape index (κ2) is 10.3. The number of nitrogens with zero attached hydrogens (tertiary/aromatic N) is 3. The largest absolute Gasteiger partial charge is 0.313 e. The molecule has 3 aliphatic heterocycles. The van der Waals surface area contributed by atoms with E-state index in [1.165, 1.54) is 32.7 Å². The first kappa shape index (κ1) is 31.9. The summed E-state index contributed by atoms with van der Waals surface area (Å²) in [4.78, 5) is 11.3. The van der Waals surface area contributed by atoms with Gasteiger partial charge in [0.05, 0.1) is 11.1 Å². The number of hydrogen-bond donors (Lipinski definition) is 3. The molecule has 7 nitrogen and oxygen atoms in total. The van der Waals surface area contributed by atoms with E-state index in [-0.39, 0.29) is 27.9 Å². The lowest BCUT2D eigenvalue weighted by Crippen LogP contribution is -2.59. The Balaban J connectivity index is 0.000000197. The molecule has 0 spiro atoms. The average molecular weight is 520 g/mol. The number of Topliss-reactive ketones (excluding diaryl/α,β-unsaturated/α-hetero) is 1. The molecule has 0 bridgehead atoms. The van der Waals surface area contributed by atoms with Crippen LogP contribution >= 0.6 is 0 Å². The Hall–Kier alpha value is -1.35. The number of fused-ring (bicyclic) bond motifs is 1. The Kier molecular flexibility index (Phi) is 8.89. The molecule has 0 aromatic heterocycles. The first-order chi connectivity index (χ1) is 16.5. The number of carbonyl (C=O) groups is 1. The van der Waals surface area contributed by atoms with Gasteiger partial charge in [0.15, 0.2) is 0 Å². The highest BCUT2D eigenvalue weighted by Crippen LogP contribution is 2.47. The maximum Gasteiger partial charge on any atom is 0.136 e. The Morgan fingerprint density at radius 1 is 0.568 bits per heavy atom. The fourth-order valence-corrected chi connectivity index (χ4v) is 6.46. The summed E-state index contributed by atoms with van der Waals surface area (Å²) in [5, 5.41) is 34.0. The van der Waals surface area contributed by atoms with Crippen molar-refractivity contribution in [3.8, 4) is 0 Å². The number of benzene rings is 1. The Bertz CT molecular complexity index is 894. The van der Waals surface area contributed by atoms with Crippen molar-refractivity contribution >= 4 is 5.78 Å². The van der Waals surface area contributed by atoms with Crippen LogP contribution in [0.3, 0.4) is 0 Å². The lowest BCUT2D eigenvalue weighted by Gasteiger charge is -2.48. The van der Waals surface area contributed by atoms with Crippen LogP contribution in [0.4, 0.5) is 0 Å². The minimum absolute atomic E-state index is 0.0399. The van der Waals surface area contributed by atoms with E-state index in [4.69, 9.17) is 0 Å². The van der Waals surface area contributed by atoms with Crippen molar-refractivity contribution in [3.05, 3.63) is 35.4 Å². The van der Waals surface area contributed by atoms with Gasteiger partial charge in [-0.15, -0.1) is 0 Å². The predicted octanol–water partition coefficient (Wildman–Crippen LogP) is 6.88. The van der Waals surface area contributed by atoms with Crippen LogP contribution in [0.2, 0.25) is 0 Å². The molecule has 7 heteroatoms. The standard InChI is InChI=1S/C12H17NO.C9H17NO2.C9H19NO/c1-11(2)9-7-5-6-8-10(9)12(3,4)13(11)14;1-8(2)5-7(11)6-9(3,4)10(8)12;1-8(2)6-5-7-9(3,4)10(8)11/h5-8,14H,1-4H3;12H,5-6H2,1-4H3;11H,5-7H2,1-4H3. The normalized spacial score (nSPS) is 27.3. The third-order valence-electron chi connectivity index (χ3n) is 8.43. The zero-order chi connectivity index (χ0) is 28.8. The van der Waals surface area contributed by atoms with Crippen molar-refractivity contribution in [1.29, 1.82) is 0 Å². The number of piperidine rings is 2. The molecule has 0 saturated carbocycles. The highest BCUT2D eigenvalue weighted by molar-refractivity contribution is 5.81. The maximum atomic E-state index is 11.3. The molecule has 4 rings (SSSR count). The molecule has 0 amide bonds. The summed E-state index contributed by atoms with van der Waals surface area (Å²) < 4.78 is 0. The van der Waals surface area contributed by atoms with E-state index in [9.17, 15) is 20.4 Å². The van der Waals surface area contributed by atoms with Crippen molar-refractivity contribution < 1.29 is 20.4 Å². The highest BCUT2D eigenvalue weighted by Gasteiger charge is 2.48. The van der Waals surface area contributed by atoms with Gasteiger partial charge in [-0.3, -0.25) is 4.79 Å². The second-order valence-corrected chi connectivity index (χ2v) is 14.6. The molecule has 3 heterocycles. The van der Waals surface area contributed by atoms with Crippen molar-refractivity contribution in [1.82, 2.24) is 15.2 Å². The number of hydrogen-bond acceptors (Lipinski definition) is 7. The molecule has 0 aliphatic carbocycles. The average Bonchev–Trinajstić information content (AvgIpc) is 2.88. The van der Waals surface area contributed by atoms with Crippen molar-refractivity contribution in [2.75, 3.05) is 0 Å². The molecule has 0 unspecified atom stereocenters. The number of rotatable bonds is 0. The molecular formula is C30H53N3O4. The van der Waals surface area contributed by atoms with Crippen LogP contribution in [-0.2, 0) is 15.9 Å². The molecule has 2 saturated heterocycles. The van der Waals surface area contributed by atoms with Crippen LogP contribution in [0.15, 0.2) is 24.3 Å². The minimum Gasteiger partial charge on any atom is -0.313 e. The molecule has 37 heavy (non-hydrogen) atoms. The molecule has 0 radical (unpaired) electrons. The first-order valence-corrected chi connectivity index (χ1v) is 13.6. The minimum atomic E-state index is -0.418. The molecule has 212 valence electrons. The predicted molar refractivity (Wildman–Crippen MR) is 148 cm³/mol. The highest BCUT2D eigenvalue weighted by atomic mass is 16.5. The lowest BCUT2D eigenvalue weighted by molar-refractivity contribution is -0.241. The van der Waals surface area contributed by atoms with E-state index >= 15 is 0 Å². The summed E-state index contributed by atoms with van der Waals surface area (Å²) in [6, 6.07) is 8.23. The van der Waals surface area contributed by atoms with Gasteiger partial charge in [0.1, 0.15) is 5.78 Å². The van der Waals surface area contributed by atoms with Gasteiger partial charge in [-0.1, -0.05) is 24.3 Å². The van der Waals surface area contributed by atoms with E-state index < -0.39 is 11.1 Å². The van der Waals surface area contributed by atoms with Gasteiger partial charge in [-0.05, 0) is 113 Å². The van der Waals surface area contributed by atoms with Crippen LogP contribution in [0.1, 0.15) is 126 Å². The van der Waals surface area contributed by atoms with Crippen LogP contribution in [0.25, 0.3) is 0 Å². The van der Waals surface area contributed by atoms with E-state index in [2.05, 4.69) is 39.8 Å². The second-order valence-electron chi connectivity index (χ2n) is 14.6. The van der Waals surface area contributed by atoms with Crippen LogP contribution < -0.4 is 0 Å². The van der Waals surface area contributed by atoms with Gasteiger partial charge in [0.25, 0.3) is 0 Å². The maximum absolute atomic E-state index is 11.3. The Morgan fingerprint density at radius 2 is 0.892 bits per heavy atom. The zero-order valence-corrected chi connectivity index (χ0v) is 25.4. The van der Waals surface area contributed by atoms with Gasteiger partial charge >= 0.3 is 0 Å². The van der Waals surface area contributed by atoms with Crippen molar-refractivity contribution in [2.24, 2.45) is 0 Å². The van der Waals surface area contributed by atoms with Gasteiger partial charge in [0, 0.05) is 35.0 Å². The van der Waals surface area contributed by atoms with E-state index in [0.29, 0.717) is 12.8 Å². The molecule has 3 N–H and O–H groups in total. The number of hydroxylamine groups is 6. The first-order valence-electron chi connectivity index (χ1n) is 13.6. The number of ketones is 1. The van der Waals surface area contributed by atoms with Crippen LogP contribution in [0.5, 0.6) is 0 Å². The van der Waals surface area contributed by atoms with Gasteiger partial charge < -0.3 is 15.6 Å². The summed E-state index contributed by atoms with van der Waals surface area (Å²) in [7, 11) is 0. The third kappa shape index (κ3) is 6.45. The monoisotopic (exact) mass is 519 g/mol. The van der Waals surface area contributed by atoms with Crippen molar-refractivity contribution in [2.45, 2.75) is 148 Å². The topological polar surface area (TPSA) is 87.5 Å². The van der Waals surface area contributed by atoms with E-state index in [1.54, 1.807) is 0 Å². The smallest absolute Gasteiger partial charge is 0.136 e. The summed E-state index contributed by atoms with van der Waals surface area (Å²) in [5.41, 5.74) is 0.932. The molecule has 1 aromatic rings. The fourth-order valence-electron chi connectivity index (χ4n) is 6.46. The summed E-state index contributed by atoms with van der Waals surface area (Å²) >= 11 is 0. The molecule has 1 aromatic carbocycles. The van der Waals surface area contributed by atoms with Gasteiger partial charge in [-0.25, -0.2) is 0 Å². The van der Waals surface area contributed by atoms with Gasteiger partial charge in [-0.2, -0.15) is 15.2 Å². The molecule has 2 fully saturated rings. The SMILES string of the molecule is CC1(C)CC(=O)CC(C)(C)N1O.CC1(C)CCCC(C)(C)N1O.CC1(C)c2ccccc2C(C)(C)N1O. The number of carbonyl (C=O) groups excluding carboxylic acids is 1. The van der Waals surface area contributed by atoms with E-state index in [0.717, 1.165) is 12.8 Å². The molecular weight excluding hydrogens is 466 g/mol. The zero-order valence-electron chi connectivity index (χ0n) is 25.4. The van der Waals surface area contributed by atoms with Crippen molar-refractivity contribution in [3.63, 3.8) is 0 Å². The summed E-state index contributed by atoms with van der Waals surface area (Å²) in [6.07, 6.45) is 4.27. The summed E-state index contributed by atoms with van der Waals surface area (Å²) in [6.45, 7) is 24.1. The van der Waals surface area contributed by atoms with E-state index in [1.807, 2.05) is 67.5 Å². The molecule has 3 aliphatic rings. The third-order valence-corrected chi connectivity index (χ3v) is 8.43. The fraction of sp³-hybridized carbons (Fsp3) is 0.767. The molecule has 0 atom stereocenters. The quantitative estimate of drug-likeness (QED) is 0.344. The Labute approximate surface area is 225 Å². The van der Waals surface area contributed by atoms with Crippen LogP contribution in [-0.4, -0.2) is 58.8 Å². The van der Waals surface area contributed by atoms with Crippen LogP contribution in [0, 0.1) is 0 Å². The Morgan fingerprint density at radius 3 is 1.22 bits per heavy atom. The summed E-state index contributed by atoms with van der Waals surface area (Å²) in [5.74, 6) is 0.232. The van der Waals surface area contributed by atoms with Gasteiger partial charge in [0.2, 0.25) is 0 Å². The lowest BCUT2D eigenvalue weighted by atomic mass is 9.81.